The molecule has 2 fully saturated rings. The monoisotopic (exact) mass is 480 g/mol. The number of amides is 1. The number of carboxylic acids is 1. The largest absolute Gasteiger partial charge is 0.480 e. The zero-order chi connectivity index (χ0) is 24.1. The van der Waals surface area contributed by atoms with Gasteiger partial charge in [0.1, 0.15) is 12.6 Å². The van der Waals surface area contributed by atoms with Crippen molar-refractivity contribution in [3.05, 3.63) is 35.9 Å². The first-order valence-electron chi connectivity index (χ1n) is 12.5. The van der Waals surface area contributed by atoms with Gasteiger partial charge in [-0.15, -0.1) is 0 Å². The summed E-state index contributed by atoms with van der Waals surface area (Å²) in [6.45, 7) is 3.77. The Hall–Kier alpha value is -1.79. The summed E-state index contributed by atoms with van der Waals surface area (Å²) in [6.07, 6.45) is 14.0. The Morgan fingerprint density at radius 2 is 1.52 bits per heavy atom. The van der Waals surface area contributed by atoms with Crippen molar-refractivity contribution in [3.8, 4) is 0 Å². The molecule has 1 aromatic carbocycles. The predicted octanol–water partition coefficient (Wildman–Crippen LogP) is 6.52. The molecule has 2 N–H and O–H groups in total. The van der Waals surface area contributed by atoms with Crippen molar-refractivity contribution in [2.45, 2.75) is 109 Å². The summed E-state index contributed by atoms with van der Waals surface area (Å²) in [5.74, 6) is -1.05. The molecule has 3 rings (SSSR count). The first-order chi connectivity index (χ1) is 15.9. The lowest BCUT2D eigenvalue weighted by Gasteiger charge is -2.30. The number of rotatable bonds is 8. The Balaban J connectivity index is 0.000000254. The van der Waals surface area contributed by atoms with Gasteiger partial charge < -0.3 is 15.2 Å². The molecule has 0 aromatic heterocycles. The van der Waals surface area contributed by atoms with Crippen LogP contribution in [0.1, 0.15) is 90.0 Å². The Morgan fingerprint density at radius 3 is 1.97 bits per heavy atom. The Kier molecular flexibility index (Phi) is 12.6. The van der Waals surface area contributed by atoms with Gasteiger partial charge in [-0.05, 0) is 43.6 Å². The second-order valence-corrected chi connectivity index (χ2v) is 10.0. The van der Waals surface area contributed by atoms with E-state index in [9.17, 15) is 9.59 Å². The molecule has 7 heteroatoms. The van der Waals surface area contributed by atoms with Gasteiger partial charge in [-0.2, -0.15) is 0 Å². The summed E-state index contributed by atoms with van der Waals surface area (Å²) >= 11 is 5.78. The second-order valence-electron chi connectivity index (χ2n) is 9.67. The van der Waals surface area contributed by atoms with E-state index < -0.39 is 18.1 Å². The van der Waals surface area contributed by atoms with Crippen LogP contribution in [0, 0.1) is 5.92 Å². The minimum atomic E-state index is -1.15. The number of nitrogens with one attached hydrogen (secondary N) is 1. The third-order valence-electron chi connectivity index (χ3n) is 6.31. The van der Waals surface area contributed by atoms with Gasteiger partial charge in [-0.3, -0.25) is 0 Å². The quantitative estimate of drug-likeness (QED) is 0.414. The molecule has 33 heavy (non-hydrogen) atoms. The molecule has 0 spiro atoms. The summed E-state index contributed by atoms with van der Waals surface area (Å²) in [4.78, 5) is 22.9. The standard InChI is InChI=1S/C14H18ClNO4.C12H23N/c1-10(2)8-12(13(17)18)16(15)14(19)20-9-11-6-4-3-5-7-11;1-3-7-11(8-4-1)13-12-9-5-2-6-10-12/h3-7,10,12H,8-9H2,1-2H3,(H,17,18);11-13H,1-10H2/t12-;/m0./s1. The molecular weight excluding hydrogens is 440 g/mol. The van der Waals surface area contributed by atoms with Gasteiger partial charge in [0.05, 0.1) is 0 Å². The molecule has 1 aromatic rings. The van der Waals surface area contributed by atoms with E-state index in [-0.39, 0.29) is 18.9 Å². The van der Waals surface area contributed by atoms with E-state index in [0.29, 0.717) is 4.42 Å². The van der Waals surface area contributed by atoms with Gasteiger partial charge in [-0.25, -0.2) is 14.0 Å². The molecular formula is C26H41ClN2O4. The summed E-state index contributed by atoms with van der Waals surface area (Å²) in [5.41, 5.74) is 0.807. The molecule has 2 saturated carbocycles. The lowest BCUT2D eigenvalue weighted by molar-refractivity contribution is -0.141. The van der Waals surface area contributed by atoms with Crippen LogP contribution in [0.2, 0.25) is 0 Å². The van der Waals surface area contributed by atoms with E-state index in [0.717, 1.165) is 17.6 Å². The molecule has 1 atom stereocenters. The zero-order valence-electron chi connectivity index (χ0n) is 20.2. The van der Waals surface area contributed by atoms with Crippen molar-refractivity contribution in [2.75, 3.05) is 0 Å². The topological polar surface area (TPSA) is 78.9 Å². The third-order valence-corrected chi connectivity index (χ3v) is 6.69. The molecule has 186 valence electrons. The molecule has 6 nitrogen and oxygen atoms in total. The van der Waals surface area contributed by atoms with E-state index in [1.54, 1.807) is 12.1 Å². The first kappa shape index (κ1) is 27.5. The van der Waals surface area contributed by atoms with Gasteiger partial charge in [0.15, 0.2) is 0 Å². The average molecular weight is 481 g/mol. The van der Waals surface area contributed by atoms with Crippen LogP contribution < -0.4 is 5.32 Å². The summed E-state index contributed by atoms with van der Waals surface area (Å²) < 4.78 is 5.61. The Bertz CT molecular complexity index is 673. The smallest absolute Gasteiger partial charge is 0.425 e. The van der Waals surface area contributed by atoms with Crippen LogP contribution >= 0.6 is 11.8 Å². The molecule has 0 saturated heterocycles. The van der Waals surface area contributed by atoms with Crippen molar-refractivity contribution < 1.29 is 19.4 Å². The number of aliphatic carboxylic acids is 1. The van der Waals surface area contributed by atoms with E-state index >= 15 is 0 Å². The van der Waals surface area contributed by atoms with E-state index in [2.05, 4.69) is 5.32 Å². The number of hydrogen-bond acceptors (Lipinski definition) is 4. The molecule has 2 aliphatic carbocycles. The maximum absolute atomic E-state index is 11.8. The van der Waals surface area contributed by atoms with Crippen molar-refractivity contribution in [3.63, 3.8) is 0 Å². The number of carboxylic acid groups (broad SMARTS) is 1. The van der Waals surface area contributed by atoms with Gasteiger partial charge >= 0.3 is 12.1 Å². The first-order valence-corrected chi connectivity index (χ1v) is 12.8. The van der Waals surface area contributed by atoms with Crippen molar-refractivity contribution in [1.29, 1.82) is 0 Å². The number of hydrogen-bond donors (Lipinski definition) is 2. The van der Waals surface area contributed by atoms with Gasteiger partial charge in [0.2, 0.25) is 0 Å². The van der Waals surface area contributed by atoms with Crippen LogP contribution in [0.4, 0.5) is 4.79 Å². The Labute approximate surface area is 204 Å². The fraction of sp³-hybridized carbons (Fsp3) is 0.692. The van der Waals surface area contributed by atoms with Crippen LogP contribution in [-0.2, 0) is 16.1 Å². The summed E-state index contributed by atoms with van der Waals surface area (Å²) in [7, 11) is 0. The molecule has 0 bridgehead atoms. The highest BCUT2D eigenvalue weighted by Gasteiger charge is 2.30. The minimum absolute atomic E-state index is 0.0525. The van der Waals surface area contributed by atoms with Gasteiger partial charge in [0.25, 0.3) is 0 Å². The lowest BCUT2D eigenvalue weighted by atomic mass is 9.91. The summed E-state index contributed by atoms with van der Waals surface area (Å²) in [6, 6.07) is 9.74. The van der Waals surface area contributed by atoms with E-state index in [4.69, 9.17) is 21.6 Å². The number of halogens is 1. The SMILES string of the molecule is C1CCC(NC2CCCCC2)CC1.CC(C)C[C@@H](C(=O)O)N(Cl)C(=O)OCc1ccccc1. The molecule has 1 amide bonds. The average Bonchev–Trinajstić information content (AvgIpc) is 2.82. The highest BCUT2D eigenvalue weighted by atomic mass is 35.5. The summed E-state index contributed by atoms with van der Waals surface area (Å²) in [5, 5.41) is 13.0. The van der Waals surface area contributed by atoms with Crippen molar-refractivity contribution >= 4 is 23.8 Å². The van der Waals surface area contributed by atoms with Gasteiger partial charge in [0, 0.05) is 23.9 Å². The van der Waals surface area contributed by atoms with Gasteiger partial charge in [-0.1, -0.05) is 82.7 Å². The number of carbonyl (C=O) groups excluding carboxylic acids is 1. The number of benzene rings is 1. The van der Waals surface area contributed by atoms with Crippen LogP contribution in [-0.4, -0.2) is 39.7 Å². The predicted molar refractivity (Wildman–Crippen MR) is 132 cm³/mol. The number of ether oxygens (including phenoxy) is 1. The van der Waals surface area contributed by atoms with Crippen LogP contribution in [0.5, 0.6) is 0 Å². The van der Waals surface area contributed by atoms with Crippen LogP contribution in [0.3, 0.4) is 0 Å². The van der Waals surface area contributed by atoms with E-state index in [1.165, 1.54) is 64.2 Å². The molecule has 0 radical (unpaired) electrons. The maximum Gasteiger partial charge on any atom is 0.425 e. The lowest BCUT2D eigenvalue weighted by Crippen LogP contribution is -2.40. The highest BCUT2D eigenvalue weighted by Crippen LogP contribution is 2.22. The van der Waals surface area contributed by atoms with Crippen LogP contribution in [0.15, 0.2) is 30.3 Å². The number of nitrogens with zero attached hydrogens (tertiary/aromatic N) is 1. The highest BCUT2D eigenvalue weighted by molar-refractivity contribution is 6.21. The number of carbonyl (C=O) groups is 2. The van der Waals surface area contributed by atoms with Crippen molar-refractivity contribution in [1.82, 2.24) is 9.74 Å². The minimum Gasteiger partial charge on any atom is -0.480 e. The zero-order valence-corrected chi connectivity index (χ0v) is 20.9. The fourth-order valence-corrected chi connectivity index (χ4v) is 4.73. The van der Waals surface area contributed by atoms with E-state index in [1.807, 2.05) is 32.0 Å². The van der Waals surface area contributed by atoms with Crippen LogP contribution in [0.25, 0.3) is 0 Å². The van der Waals surface area contributed by atoms with Crippen molar-refractivity contribution in [2.24, 2.45) is 5.92 Å². The molecule has 2 aliphatic rings. The second kappa shape index (κ2) is 15.2. The maximum atomic E-state index is 11.8. The molecule has 0 aliphatic heterocycles. The third kappa shape index (κ3) is 10.8. The fourth-order valence-electron chi connectivity index (χ4n) is 4.52. The molecule has 0 heterocycles. The normalized spacial score (nSPS) is 18.2. The molecule has 0 unspecified atom stereocenters. The Morgan fingerprint density at radius 1 is 1.00 bits per heavy atom.